The molecular formula is C12H26N2. The summed E-state index contributed by atoms with van der Waals surface area (Å²) in [7, 11) is 0. The molecule has 1 aliphatic carbocycles. The summed E-state index contributed by atoms with van der Waals surface area (Å²) >= 11 is 0. The SMILES string of the molecule is C.C=CN(N=C)C1CCCCC1.CC. The van der Waals surface area contributed by atoms with Crippen LogP contribution in [0.1, 0.15) is 53.4 Å². The van der Waals surface area contributed by atoms with E-state index in [2.05, 4.69) is 18.4 Å². The van der Waals surface area contributed by atoms with E-state index in [4.69, 9.17) is 0 Å². The first-order valence-electron chi connectivity index (χ1n) is 5.26. The van der Waals surface area contributed by atoms with Crippen LogP contribution in [-0.2, 0) is 0 Å². The van der Waals surface area contributed by atoms with Gasteiger partial charge in [0.15, 0.2) is 0 Å². The monoisotopic (exact) mass is 198 g/mol. The zero-order chi connectivity index (χ0) is 10.1. The molecule has 1 fully saturated rings. The Morgan fingerprint density at radius 3 is 2.07 bits per heavy atom. The lowest BCUT2D eigenvalue weighted by Crippen LogP contribution is -2.27. The fraction of sp³-hybridized carbons (Fsp3) is 0.750. The number of nitrogens with zero attached hydrogens (tertiary/aromatic N) is 2. The maximum absolute atomic E-state index is 3.90. The van der Waals surface area contributed by atoms with Crippen molar-refractivity contribution in [3.05, 3.63) is 12.8 Å². The van der Waals surface area contributed by atoms with E-state index in [1.165, 1.54) is 32.1 Å². The maximum atomic E-state index is 3.90. The smallest absolute Gasteiger partial charge is 0.0518 e. The van der Waals surface area contributed by atoms with E-state index >= 15 is 0 Å². The molecule has 0 aromatic heterocycles. The fourth-order valence-corrected chi connectivity index (χ4v) is 1.67. The van der Waals surface area contributed by atoms with E-state index in [1.807, 2.05) is 18.9 Å². The predicted molar refractivity (Wildman–Crippen MR) is 66.5 cm³/mol. The quantitative estimate of drug-likeness (QED) is 0.493. The summed E-state index contributed by atoms with van der Waals surface area (Å²) in [5, 5.41) is 5.78. The van der Waals surface area contributed by atoms with Gasteiger partial charge in [0.2, 0.25) is 0 Å². The summed E-state index contributed by atoms with van der Waals surface area (Å²) in [4.78, 5) is 0. The van der Waals surface area contributed by atoms with Crippen LogP contribution in [0.15, 0.2) is 17.9 Å². The molecule has 1 saturated carbocycles. The largest absolute Gasteiger partial charge is 0.271 e. The molecule has 0 bridgehead atoms. The number of hydrogen-bond donors (Lipinski definition) is 0. The number of hydrazone groups is 1. The van der Waals surface area contributed by atoms with Crippen molar-refractivity contribution < 1.29 is 0 Å². The molecule has 1 rings (SSSR count). The first-order chi connectivity index (χ1) is 6.38. The Hall–Kier alpha value is -0.790. The first kappa shape index (κ1) is 15.7. The molecule has 14 heavy (non-hydrogen) atoms. The molecule has 0 radical (unpaired) electrons. The average Bonchev–Trinajstić information content (AvgIpc) is 2.24. The second kappa shape index (κ2) is 10.3. The topological polar surface area (TPSA) is 15.6 Å². The molecule has 0 aliphatic heterocycles. The summed E-state index contributed by atoms with van der Waals surface area (Å²) in [6.45, 7) is 11.2. The molecule has 0 aromatic rings. The van der Waals surface area contributed by atoms with E-state index in [1.54, 1.807) is 6.20 Å². The molecule has 0 N–H and O–H groups in total. The van der Waals surface area contributed by atoms with Gasteiger partial charge >= 0.3 is 0 Å². The Morgan fingerprint density at radius 2 is 1.71 bits per heavy atom. The standard InChI is InChI=1S/C9H16N2.C2H6.CH4/c1-3-11(10-2)9-7-5-4-6-8-9;1-2;/h3,9H,1-2,4-8H2;1-2H3;1H4. The van der Waals surface area contributed by atoms with E-state index in [0.29, 0.717) is 6.04 Å². The molecule has 0 amide bonds. The Labute approximate surface area is 89.7 Å². The Balaban J connectivity index is 0. The van der Waals surface area contributed by atoms with E-state index < -0.39 is 0 Å². The lowest BCUT2D eigenvalue weighted by Gasteiger charge is -2.28. The normalized spacial score (nSPS) is 15.6. The second-order valence-corrected chi connectivity index (χ2v) is 3.00. The van der Waals surface area contributed by atoms with Crippen LogP contribution in [-0.4, -0.2) is 17.8 Å². The minimum Gasteiger partial charge on any atom is -0.271 e. The van der Waals surface area contributed by atoms with Crippen LogP contribution < -0.4 is 0 Å². The van der Waals surface area contributed by atoms with Crippen molar-refractivity contribution in [1.29, 1.82) is 0 Å². The second-order valence-electron chi connectivity index (χ2n) is 3.00. The third-order valence-electron chi connectivity index (χ3n) is 2.30. The Kier molecular flexibility index (Phi) is 11.5. The molecule has 2 heteroatoms. The summed E-state index contributed by atoms with van der Waals surface area (Å²) in [6.07, 6.45) is 8.27. The van der Waals surface area contributed by atoms with Crippen LogP contribution in [0.2, 0.25) is 0 Å². The fourth-order valence-electron chi connectivity index (χ4n) is 1.67. The van der Waals surface area contributed by atoms with Crippen LogP contribution in [0.3, 0.4) is 0 Å². The maximum Gasteiger partial charge on any atom is 0.0518 e. The van der Waals surface area contributed by atoms with Crippen LogP contribution in [0.5, 0.6) is 0 Å². The molecule has 0 heterocycles. The van der Waals surface area contributed by atoms with Crippen molar-refractivity contribution >= 4 is 6.72 Å². The molecule has 0 atom stereocenters. The molecule has 0 aromatic carbocycles. The van der Waals surface area contributed by atoms with Gasteiger partial charge in [-0.05, 0) is 12.8 Å². The summed E-state index contributed by atoms with van der Waals surface area (Å²) < 4.78 is 0. The third-order valence-corrected chi connectivity index (χ3v) is 2.30. The van der Waals surface area contributed by atoms with Gasteiger partial charge in [-0.25, -0.2) is 0 Å². The first-order valence-corrected chi connectivity index (χ1v) is 5.26. The molecule has 0 unspecified atom stereocenters. The van der Waals surface area contributed by atoms with Gasteiger partial charge in [0.05, 0.1) is 6.04 Å². The minimum atomic E-state index is 0. The zero-order valence-electron chi connectivity index (χ0n) is 9.00. The molecule has 0 spiro atoms. The highest BCUT2D eigenvalue weighted by Crippen LogP contribution is 2.22. The van der Waals surface area contributed by atoms with Gasteiger partial charge in [0, 0.05) is 12.9 Å². The lowest BCUT2D eigenvalue weighted by atomic mass is 9.95. The minimum absolute atomic E-state index is 0. The highest BCUT2D eigenvalue weighted by atomic mass is 15.4. The van der Waals surface area contributed by atoms with Crippen LogP contribution in [0.4, 0.5) is 0 Å². The van der Waals surface area contributed by atoms with Gasteiger partial charge in [0.1, 0.15) is 0 Å². The van der Waals surface area contributed by atoms with E-state index in [0.717, 1.165) is 0 Å². The van der Waals surface area contributed by atoms with Crippen molar-refractivity contribution in [1.82, 2.24) is 5.01 Å². The molecule has 84 valence electrons. The van der Waals surface area contributed by atoms with Gasteiger partial charge < -0.3 is 0 Å². The van der Waals surface area contributed by atoms with Crippen molar-refractivity contribution in [3.8, 4) is 0 Å². The van der Waals surface area contributed by atoms with Gasteiger partial charge in [-0.2, -0.15) is 5.10 Å². The van der Waals surface area contributed by atoms with Crippen molar-refractivity contribution in [2.45, 2.75) is 59.4 Å². The van der Waals surface area contributed by atoms with Gasteiger partial charge in [-0.3, -0.25) is 5.01 Å². The summed E-state index contributed by atoms with van der Waals surface area (Å²) in [6, 6.07) is 0.568. The lowest BCUT2D eigenvalue weighted by molar-refractivity contribution is 0.227. The number of hydrogen-bond acceptors (Lipinski definition) is 2. The van der Waals surface area contributed by atoms with E-state index in [-0.39, 0.29) is 7.43 Å². The highest BCUT2D eigenvalue weighted by Gasteiger charge is 2.16. The number of rotatable bonds is 3. The molecular weight excluding hydrogens is 172 g/mol. The third kappa shape index (κ3) is 5.05. The highest BCUT2D eigenvalue weighted by molar-refractivity contribution is 5.22. The van der Waals surface area contributed by atoms with Crippen molar-refractivity contribution in [3.63, 3.8) is 0 Å². The van der Waals surface area contributed by atoms with Crippen LogP contribution >= 0.6 is 0 Å². The molecule has 2 nitrogen and oxygen atoms in total. The van der Waals surface area contributed by atoms with Gasteiger partial charge in [-0.1, -0.05) is 47.1 Å². The summed E-state index contributed by atoms with van der Waals surface area (Å²) in [5.41, 5.74) is 0. The molecule has 0 saturated heterocycles. The summed E-state index contributed by atoms with van der Waals surface area (Å²) in [5.74, 6) is 0. The van der Waals surface area contributed by atoms with Gasteiger partial charge in [-0.15, -0.1) is 0 Å². The van der Waals surface area contributed by atoms with E-state index in [9.17, 15) is 0 Å². The Morgan fingerprint density at radius 1 is 1.21 bits per heavy atom. The van der Waals surface area contributed by atoms with Crippen molar-refractivity contribution in [2.24, 2.45) is 5.10 Å². The Bertz CT molecular complexity index is 129. The van der Waals surface area contributed by atoms with Crippen LogP contribution in [0.25, 0.3) is 0 Å². The zero-order valence-corrected chi connectivity index (χ0v) is 9.00. The predicted octanol–water partition coefficient (Wildman–Crippen LogP) is 4.04. The van der Waals surface area contributed by atoms with Gasteiger partial charge in [0.25, 0.3) is 0 Å². The molecule has 1 aliphatic rings. The van der Waals surface area contributed by atoms with Crippen molar-refractivity contribution in [2.75, 3.05) is 0 Å². The average molecular weight is 198 g/mol. The van der Waals surface area contributed by atoms with Crippen LogP contribution in [0, 0.1) is 0 Å².